The molecule has 0 aliphatic carbocycles. The molecule has 0 bridgehead atoms. The number of phenolic OH excluding ortho intramolecular Hbond substituents is 3. The van der Waals surface area contributed by atoms with E-state index in [9.17, 15) is 15.3 Å². The Kier molecular flexibility index (Phi) is 10.4. The SMILES string of the molecule is CC(C)=CCCC(C)=CCc1c(O)[c]c(O)c(CC=C(C)CCC=C(C)C)c1O. The van der Waals surface area contributed by atoms with E-state index in [1.807, 2.05) is 12.2 Å². The molecule has 1 aromatic rings. The summed E-state index contributed by atoms with van der Waals surface area (Å²) >= 11 is 0. The van der Waals surface area contributed by atoms with Crippen molar-refractivity contribution in [1.29, 1.82) is 0 Å². The Morgan fingerprint density at radius 1 is 0.655 bits per heavy atom. The summed E-state index contributed by atoms with van der Waals surface area (Å²) in [5, 5.41) is 31.0. The summed E-state index contributed by atoms with van der Waals surface area (Å²) in [6, 6.07) is 2.59. The first kappa shape index (κ1) is 24.6. The largest absolute Gasteiger partial charge is 0.507 e. The lowest BCUT2D eigenvalue weighted by Crippen LogP contribution is -1.94. The van der Waals surface area contributed by atoms with E-state index in [0.717, 1.165) is 25.7 Å². The Morgan fingerprint density at radius 2 is 1.03 bits per heavy atom. The van der Waals surface area contributed by atoms with Crippen LogP contribution in [-0.2, 0) is 12.8 Å². The van der Waals surface area contributed by atoms with Gasteiger partial charge in [0.05, 0.1) is 6.07 Å². The van der Waals surface area contributed by atoms with Crippen LogP contribution in [0, 0.1) is 6.07 Å². The minimum absolute atomic E-state index is 0.0413. The summed E-state index contributed by atoms with van der Waals surface area (Å²) < 4.78 is 0. The van der Waals surface area contributed by atoms with E-state index in [2.05, 4.69) is 59.8 Å². The first-order valence-electron chi connectivity index (χ1n) is 10.4. The van der Waals surface area contributed by atoms with Crippen molar-refractivity contribution in [3.05, 3.63) is 63.8 Å². The van der Waals surface area contributed by atoms with Crippen LogP contribution >= 0.6 is 0 Å². The molecule has 0 fully saturated rings. The molecule has 1 radical (unpaired) electrons. The fourth-order valence-electron chi connectivity index (χ4n) is 2.99. The van der Waals surface area contributed by atoms with E-state index in [1.165, 1.54) is 22.3 Å². The van der Waals surface area contributed by atoms with Crippen LogP contribution in [0.15, 0.2) is 46.6 Å². The second-order valence-electron chi connectivity index (χ2n) is 8.28. The van der Waals surface area contributed by atoms with Crippen LogP contribution < -0.4 is 0 Å². The molecule has 159 valence electrons. The van der Waals surface area contributed by atoms with Crippen LogP contribution in [0.25, 0.3) is 0 Å². The molecule has 0 saturated carbocycles. The molecule has 29 heavy (non-hydrogen) atoms. The van der Waals surface area contributed by atoms with Gasteiger partial charge < -0.3 is 15.3 Å². The molecule has 0 unspecified atom stereocenters. The predicted molar refractivity (Wildman–Crippen MR) is 123 cm³/mol. The van der Waals surface area contributed by atoms with E-state index in [1.54, 1.807) is 0 Å². The van der Waals surface area contributed by atoms with Gasteiger partial charge >= 0.3 is 0 Å². The van der Waals surface area contributed by atoms with E-state index >= 15 is 0 Å². The zero-order chi connectivity index (χ0) is 22.0. The lowest BCUT2D eigenvalue weighted by Gasteiger charge is -2.12. The molecule has 3 heteroatoms. The quantitative estimate of drug-likeness (QED) is 0.370. The fraction of sp³-hybridized carbons (Fsp3) is 0.462. The highest BCUT2D eigenvalue weighted by molar-refractivity contribution is 5.56. The third-order valence-corrected chi connectivity index (χ3v) is 4.87. The third-order valence-electron chi connectivity index (χ3n) is 4.87. The number of rotatable bonds is 10. The van der Waals surface area contributed by atoms with Crippen molar-refractivity contribution in [2.24, 2.45) is 0 Å². The zero-order valence-corrected chi connectivity index (χ0v) is 18.9. The highest BCUT2D eigenvalue weighted by Gasteiger charge is 2.16. The Morgan fingerprint density at radius 3 is 1.38 bits per heavy atom. The summed E-state index contributed by atoms with van der Waals surface area (Å²) in [5.41, 5.74) is 5.83. The van der Waals surface area contributed by atoms with Gasteiger partial charge in [0.1, 0.15) is 17.2 Å². The van der Waals surface area contributed by atoms with Crippen LogP contribution in [-0.4, -0.2) is 15.3 Å². The van der Waals surface area contributed by atoms with Crippen LogP contribution in [0.3, 0.4) is 0 Å². The maximum atomic E-state index is 10.7. The van der Waals surface area contributed by atoms with Gasteiger partial charge in [-0.3, -0.25) is 0 Å². The van der Waals surface area contributed by atoms with Gasteiger partial charge in [-0.1, -0.05) is 46.6 Å². The van der Waals surface area contributed by atoms with E-state index in [4.69, 9.17) is 0 Å². The summed E-state index contributed by atoms with van der Waals surface area (Å²) in [5.74, 6) is -0.428. The monoisotopic (exact) mass is 397 g/mol. The van der Waals surface area contributed by atoms with Crippen molar-refractivity contribution >= 4 is 0 Å². The molecule has 0 aliphatic heterocycles. The Labute approximate surface area is 176 Å². The molecule has 1 rings (SSSR count). The van der Waals surface area contributed by atoms with Crippen LogP contribution in [0.4, 0.5) is 0 Å². The van der Waals surface area contributed by atoms with Crippen molar-refractivity contribution in [3.63, 3.8) is 0 Å². The molecule has 0 amide bonds. The highest BCUT2D eigenvalue weighted by atomic mass is 16.3. The normalized spacial score (nSPS) is 12.1. The summed E-state index contributed by atoms with van der Waals surface area (Å²) in [6.07, 6.45) is 13.1. The molecule has 0 saturated heterocycles. The number of hydrogen-bond donors (Lipinski definition) is 3. The van der Waals surface area contributed by atoms with E-state index in [0.29, 0.717) is 24.0 Å². The Bertz CT molecular complexity index is 735. The molecule has 0 heterocycles. The van der Waals surface area contributed by atoms with Gasteiger partial charge in [0.25, 0.3) is 0 Å². The van der Waals surface area contributed by atoms with Gasteiger partial charge in [0.15, 0.2) is 0 Å². The number of hydrogen-bond acceptors (Lipinski definition) is 3. The topological polar surface area (TPSA) is 60.7 Å². The molecule has 0 aliphatic rings. The van der Waals surface area contributed by atoms with Gasteiger partial charge in [-0.25, -0.2) is 0 Å². The standard InChI is InChI=1S/C26H37O3/c1-18(2)9-7-11-20(5)13-15-22-24(27)17-25(28)23(26(22)29)16-14-21(6)12-8-10-19(3)4/h9-10,13-14,27-29H,7-8,11-12,15-16H2,1-6H3. The van der Waals surface area contributed by atoms with Crippen molar-refractivity contribution in [2.75, 3.05) is 0 Å². The second-order valence-corrected chi connectivity index (χ2v) is 8.28. The van der Waals surface area contributed by atoms with Gasteiger partial charge in [-0.2, -0.15) is 0 Å². The van der Waals surface area contributed by atoms with Crippen LogP contribution in [0.1, 0.15) is 78.4 Å². The Balaban J connectivity index is 2.92. The summed E-state index contributed by atoms with van der Waals surface area (Å²) in [7, 11) is 0. The summed E-state index contributed by atoms with van der Waals surface area (Å²) in [4.78, 5) is 0. The lowest BCUT2D eigenvalue weighted by molar-refractivity contribution is 0.412. The maximum Gasteiger partial charge on any atom is 0.134 e. The molecule has 0 spiro atoms. The fourth-order valence-corrected chi connectivity index (χ4v) is 2.99. The van der Waals surface area contributed by atoms with Crippen molar-refractivity contribution < 1.29 is 15.3 Å². The lowest BCUT2D eigenvalue weighted by atomic mass is 9.98. The van der Waals surface area contributed by atoms with Crippen molar-refractivity contribution in [1.82, 2.24) is 0 Å². The van der Waals surface area contributed by atoms with Crippen LogP contribution in [0.5, 0.6) is 17.2 Å². The molecule has 3 N–H and O–H groups in total. The van der Waals surface area contributed by atoms with Crippen molar-refractivity contribution in [2.45, 2.75) is 80.1 Å². The van der Waals surface area contributed by atoms with Gasteiger partial charge in [-0.05, 0) is 80.1 Å². The molecular weight excluding hydrogens is 360 g/mol. The third kappa shape index (κ3) is 9.08. The molecule has 0 atom stereocenters. The van der Waals surface area contributed by atoms with Gasteiger partial charge in [-0.15, -0.1) is 0 Å². The molecule has 1 aromatic carbocycles. The minimum Gasteiger partial charge on any atom is -0.507 e. The molecule has 0 aromatic heterocycles. The van der Waals surface area contributed by atoms with Gasteiger partial charge in [0, 0.05) is 11.1 Å². The Hall–Kier alpha value is -2.42. The minimum atomic E-state index is -0.193. The maximum absolute atomic E-state index is 10.7. The number of phenols is 3. The first-order chi connectivity index (χ1) is 13.6. The first-order valence-corrected chi connectivity index (χ1v) is 10.4. The van der Waals surface area contributed by atoms with E-state index < -0.39 is 0 Å². The average molecular weight is 398 g/mol. The van der Waals surface area contributed by atoms with Crippen molar-refractivity contribution in [3.8, 4) is 17.2 Å². The zero-order valence-electron chi connectivity index (χ0n) is 18.9. The average Bonchev–Trinajstić information content (AvgIpc) is 2.60. The number of allylic oxidation sites excluding steroid dienone is 8. The van der Waals surface area contributed by atoms with Gasteiger partial charge in [0.2, 0.25) is 0 Å². The number of benzene rings is 1. The number of aromatic hydroxyl groups is 3. The highest BCUT2D eigenvalue weighted by Crippen LogP contribution is 2.38. The smallest absolute Gasteiger partial charge is 0.134 e. The molecular formula is C26H37O3. The summed E-state index contributed by atoms with van der Waals surface area (Å²) in [6.45, 7) is 12.4. The second kappa shape index (κ2) is 12.2. The molecule has 3 nitrogen and oxygen atoms in total. The predicted octanol–water partition coefficient (Wildman–Crippen LogP) is 7.07. The van der Waals surface area contributed by atoms with Crippen LogP contribution in [0.2, 0.25) is 0 Å². The van der Waals surface area contributed by atoms with E-state index in [-0.39, 0.29) is 17.2 Å².